The molecular formula is C14H14F4O2. The molecule has 0 spiro atoms. The van der Waals surface area contributed by atoms with Crippen LogP contribution in [0.3, 0.4) is 0 Å². The average molecular weight is 290 g/mol. The topological polar surface area (TPSA) is 37.3 Å². The number of carbonyl (C=O) groups excluding carboxylic acids is 1. The van der Waals surface area contributed by atoms with Gasteiger partial charge in [0.25, 0.3) is 0 Å². The molecule has 1 aromatic carbocycles. The first-order valence-electron chi connectivity index (χ1n) is 6.38. The summed E-state index contributed by atoms with van der Waals surface area (Å²) < 4.78 is 50.8. The van der Waals surface area contributed by atoms with Crippen LogP contribution in [0.5, 0.6) is 0 Å². The zero-order valence-corrected chi connectivity index (χ0v) is 10.6. The second kappa shape index (κ2) is 5.16. The largest absolute Gasteiger partial charge is 0.419 e. The molecule has 20 heavy (non-hydrogen) atoms. The van der Waals surface area contributed by atoms with Gasteiger partial charge in [-0.1, -0.05) is 25.3 Å². The second-order valence-corrected chi connectivity index (χ2v) is 5.11. The van der Waals surface area contributed by atoms with Gasteiger partial charge in [0.05, 0.1) is 5.56 Å². The molecular weight excluding hydrogens is 276 g/mol. The van der Waals surface area contributed by atoms with Crippen molar-refractivity contribution in [2.45, 2.75) is 43.9 Å². The number of rotatable bonds is 2. The van der Waals surface area contributed by atoms with E-state index in [1.807, 2.05) is 0 Å². The van der Waals surface area contributed by atoms with Crippen LogP contribution in [0, 0.1) is 5.82 Å². The summed E-state index contributed by atoms with van der Waals surface area (Å²) in [5.74, 6) is -2.20. The van der Waals surface area contributed by atoms with Gasteiger partial charge in [-0.2, -0.15) is 13.2 Å². The SMILES string of the molecule is O=C(c1ccc(C(F)(F)F)c(F)c1)C1(O)CCCCC1. The summed E-state index contributed by atoms with van der Waals surface area (Å²) in [6.07, 6.45) is -2.04. The van der Waals surface area contributed by atoms with E-state index in [1.54, 1.807) is 0 Å². The molecule has 1 fully saturated rings. The molecule has 0 bridgehead atoms. The lowest BCUT2D eigenvalue weighted by Gasteiger charge is -2.30. The number of aliphatic hydroxyl groups is 1. The zero-order valence-electron chi connectivity index (χ0n) is 10.6. The molecule has 2 nitrogen and oxygen atoms in total. The standard InChI is InChI=1S/C14H14F4O2/c15-11-8-9(4-5-10(11)14(16,17)18)12(19)13(20)6-2-1-3-7-13/h4-5,8,20H,1-3,6-7H2. The molecule has 0 aromatic heterocycles. The van der Waals surface area contributed by atoms with Crippen molar-refractivity contribution >= 4 is 5.78 Å². The number of benzene rings is 1. The average Bonchev–Trinajstić information content (AvgIpc) is 2.37. The van der Waals surface area contributed by atoms with Gasteiger partial charge in [0, 0.05) is 5.56 Å². The highest BCUT2D eigenvalue weighted by Gasteiger charge is 2.39. The predicted molar refractivity (Wildman–Crippen MR) is 63.8 cm³/mol. The molecule has 0 unspecified atom stereocenters. The number of carbonyl (C=O) groups is 1. The minimum atomic E-state index is -4.80. The van der Waals surface area contributed by atoms with Crippen LogP contribution in [0.2, 0.25) is 0 Å². The summed E-state index contributed by atoms with van der Waals surface area (Å²) >= 11 is 0. The second-order valence-electron chi connectivity index (χ2n) is 5.11. The summed E-state index contributed by atoms with van der Waals surface area (Å²) in [4.78, 5) is 12.1. The minimum Gasteiger partial charge on any atom is -0.382 e. The first kappa shape index (κ1) is 15.0. The van der Waals surface area contributed by atoms with E-state index in [4.69, 9.17) is 0 Å². The van der Waals surface area contributed by atoms with Gasteiger partial charge in [0.15, 0.2) is 5.78 Å². The molecule has 1 aromatic rings. The third-order valence-electron chi connectivity index (χ3n) is 3.64. The quantitative estimate of drug-likeness (QED) is 0.665. The van der Waals surface area contributed by atoms with Crippen LogP contribution < -0.4 is 0 Å². The molecule has 0 radical (unpaired) electrons. The van der Waals surface area contributed by atoms with Crippen LogP contribution in [-0.2, 0) is 6.18 Å². The van der Waals surface area contributed by atoms with E-state index < -0.39 is 28.9 Å². The van der Waals surface area contributed by atoms with Crippen molar-refractivity contribution in [2.24, 2.45) is 0 Å². The Morgan fingerprint density at radius 3 is 2.25 bits per heavy atom. The zero-order chi connectivity index (χ0) is 15.0. The molecule has 110 valence electrons. The van der Waals surface area contributed by atoms with Crippen molar-refractivity contribution in [3.63, 3.8) is 0 Å². The third-order valence-corrected chi connectivity index (χ3v) is 3.64. The Morgan fingerprint density at radius 1 is 1.15 bits per heavy atom. The van der Waals surface area contributed by atoms with Crippen LogP contribution >= 0.6 is 0 Å². The fourth-order valence-corrected chi connectivity index (χ4v) is 2.52. The van der Waals surface area contributed by atoms with Gasteiger partial charge < -0.3 is 5.11 Å². The van der Waals surface area contributed by atoms with Crippen molar-refractivity contribution in [3.05, 3.63) is 35.1 Å². The maximum Gasteiger partial charge on any atom is 0.419 e. The Kier molecular flexibility index (Phi) is 3.86. The maximum atomic E-state index is 13.4. The highest BCUT2D eigenvalue weighted by atomic mass is 19.4. The molecule has 6 heteroatoms. The number of hydrogen-bond donors (Lipinski definition) is 1. The lowest BCUT2D eigenvalue weighted by molar-refractivity contribution is -0.140. The Hall–Kier alpha value is -1.43. The number of halogens is 4. The van der Waals surface area contributed by atoms with Crippen molar-refractivity contribution in [1.29, 1.82) is 0 Å². The Morgan fingerprint density at radius 2 is 1.75 bits per heavy atom. The number of Topliss-reactive ketones (excluding diaryl/α,β-unsaturated/α-hetero) is 1. The molecule has 2 rings (SSSR count). The van der Waals surface area contributed by atoms with E-state index in [2.05, 4.69) is 0 Å². The van der Waals surface area contributed by atoms with Gasteiger partial charge in [0.1, 0.15) is 11.4 Å². The highest BCUT2D eigenvalue weighted by Crippen LogP contribution is 2.34. The number of ketones is 1. The molecule has 1 N–H and O–H groups in total. The molecule has 1 aliphatic rings. The first-order chi connectivity index (χ1) is 9.24. The van der Waals surface area contributed by atoms with Crippen molar-refractivity contribution in [2.75, 3.05) is 0 Å². The molecule has 0 atom stereocenters. The molecule has 0 amide bonds. The lowest BCUT2D eigenvalue weighted by Crippen LogP contribution is -2.40. The van der Waals surface area contributed by atoms with Crippen LogP contribution in [0.15, 0.2) is 18.2 Å². The summed E-state index contributed by atoms with van der Waals surface area (Å²) in [7, 11) is 0. The molecule has 0 aliphatic heterocycles. The van der Waals surface area contributed by atoms with E-state index in [0.29, 0.717) is 25.0 Å². The van der Waals surface area contributed by atoms with Crippen LogP contribution in [0.1, 0.15) is 48.0 Å². The fraction of sp³-hybridized carbons (Fsp3) is 0.500. The Labute approximate surface area is 113 Å². The first-order valence-corrected chi connectivity index (χ1v) is 6.38. The van der Waals surface area contributed by atoms with Gasteiger partial charge in [-0.3, -0.25) is 4.79 Å². The minimum absolute atomic E-state index is 0.222. The van der Waals surface area contributed by atoms with Crippen molar-refractivity contribution in [3.8, 4) is 0 Å². The number of hydrogen-bond acceptors (Lipinski definition) is 2. The van der Waals surface area contributed by atoms with E-state index in [-0.39, 0.29) is 18.4 Å². The monoisotopic (exact) mass is 290 g/mol. The summed E-state index contributed by atoms with van der Waals surface area (Å²) in [5, 5.41) is 10.2. The van der Waals surface area contributed by atoms with E-state index in [1.165, 1.54) is 0 Å². The normalized spacial score (nSPS) is 18.9. The molecule has 0 saturated heterocycles. The lowest BCUT2D eigenvalue weighted by atomic mass is 9.79. The van der Waals surface area contributed by atoms with Gasteiger partial charge in [-0.05, 0) is 25.0 Å². The molecule has 0 heterocycles. The van der Waals surface area contributed by atoms with E-state index in [0.717, 1.165) is 12.5 Å². The van der Waals surface area contributed by atoms with Crippen LogP contribution in [0.4, 0.5) is 17.6 Å². The van der Waals surface area contributed by atoms with Gasteiger partial charge >= 0.3 is 6.18 Å². The molecule has 1 saturated carbocycles. The smallest absolute Gasteiger partial charge is 0.382 e. The van der Waals surface area contributed by atoms with Gasteiger partial charge in [-0.15, -0.1) is 0 Å². The van der Waals surface area contributed by atoms with Gasteiger partial charge in [-0.25, -0.2) is 4.39 Å². The molecule has 1 aliphatic carbocycles. The van der Waals surface area contributed by atoms with Crippen molar-refractivity contribution < 1.29 is 27.5 Å². The summed E-state index contributed by atoms with van der Waals surface area (Å²) in [5.41, 5.74) is -3.21. The Balaban J connectivity index is 2.30. The van der Waals surface area contributed by atoms with Crippen molar-refractivity contribution in [1.82, 2.24) is 0 Å². The van der Waals surface area contributed by atoms with Crippen LogP contribution in [-0.4, -0.2) is 16.5 Å². The Bertz CT molecular complexity index is 516. The highest BCUT2D eigenvalue weighted by molar-refractivity contribution is 6.02. The number of alkyl halides is 3. The summed E-state index contributed by atoms with van der Waals surface area (Å²) in [6, 6.07) is 2.01. The van der Waals surface area contributed by atoms with E-state index >= 15 is 0 Å². The maximum absolute atomic E-state index is 13.4. The van der Waals surface area contributed by atoms with Gasteiger partial charge in [0.2, 0.25) is 0 Å². The van der Waals surface area contributed by atoms with Crippen LogP contribution in [0.25, 0.3) is 0 Å². The third kappa shape index (κ3) is 2.85. The van der Waals surface area contributed by atoms with E-state index in [9.17, 15) is 27.5 Å². The predicted octanol–water partition coefficient (Wildman–Crippen LogP) is 3.72. The fourth-order valence-electron chi connectivity index (χ4n) is 2.52. The summed E-state index contributed by atoms with van der Waals surface area (Å²) in [6.45, 7) is 0.